The zero-order valence-corrected chi connectivity index (χ0v) is 19.6. The van der Waals surface area contributed by atoms with E-state index >= 15 is 0 Å². The number of hydrogen-bond acceptors (Lipinski definition) is 6. The van der Waals surface area contributed by atoms with Crippen LogP contribution >= 0.6 is 34.8 Å². The molecule has 2 aromatic rings. The second kappa shape index (κ2) is 11.4. The summed E-state index contributed by atoms with van der Waals surface area (Å²) in [4.78, 5) is -0.0109. The highest BCUT2D eigenvalue weighted by Crippen LogP contribution is 2.33. The van der Waals surface area contributed by atoms with Crippen LogP contribution in [0.2, 0.25) is 10.0 Å². The minimum absolute atomic E-state index is 0.00509. The molecule has 10 heteroatoms. The Balaban J connectivity index is 2.18. The van der Waals surface area contributed by atoms with Gasteiger partial charge < -0.3 is 19.3 Å². The molecule has 0 saturated heterocycles. The van der Waals surface area contributed by atoms with Crippen molar-refractivity contribution in [1.82, 2.24) is 0 Å². The molecule has 0 spiro atoms. The van der Waals surface area contributed by atoms with Crippen molar-refractivity contribution in [3.63, 3.8) is 0 Å². The van der Waals surface area contributed by atoms with Gasteiger partial charge in [-0.25, -0.2) is 8.42 Å². The lowest BCUT2D eigenvalue weighted by Gasteiger charge is -2.14. The largest absolute Gasteiger partial charge is 0.492 e. The predicted molar refractivity (Wildman–Crippen MR) is 117 cm³/mol. The summed E-state index contributed by atoms with van der Waals surface area (Å²) in [5.74, 6) is 1.20. The van der Waals surface area contributed by atoms with Crippen molar-refractivity contribution < 1.29 is 27.7 Å². The highest BCUT2D eigenvalue weighted by atomic mass is 35.5. The molecule has 0 aromatic heterocycles. The van der Waals surface area contributed by atoms with Gasteiger partial charge in [-0.05, 0) is 36.4 Å². The monoisotopic (exact) mass is 496 g/mol. The lowest BCUT2D eigenvalue weighted by molar-refractivity contribution is 0.0325. The van der Waals surface area contributed by atoms with Crippen LogP contribution in [0, 0.1) is 5.92 Å². The molecular weight excluding hydrogens is 475 g/mol. The van der Waals surface area contributed by atoms with Gasteiger partial charge in [0.05, 0.1) is 33.0 Å². The molecule has 6 nitrogen and oxygen atoms in total. The van der Waals surface area contributed by atoms with E-state index in [0.29, 0.717) is 18.2 Å². The summed E-state index contributed by atoms with van der Waals surface area (Å²) in [6.45, 7) is 2.36. The standard InChI is InChI=1S/C20H23Cl3O6S/c1-13(9-21)10-28-19-5-3-15(7-17(19)22)30(25,26)16-4-6-20(18(23)8-16)29-12-14(24)11-27-2/h3-8,13-14,24H,9-12H2,1-2H3/t13-,14+/m1/s1. The molecule has 0 amide bonds. The Hall–Kier alpha value is -1.22. The number of methoxy groups -OCH3 is 1. The Bertz CT molecular complexity index is 952. The summed E-state index contributed by atoms with van der Waals surface area (Å²) < 4.78 is 41.7. The smallest absolute Gasteiger partial charge is 0.206 e. The summed E-state index contributed by atoms with van der Waals surface area (Å²) in [5, 5.41) is 9.92. The number of rotatable bonds is 11. The van der Waals surface area contributed by atoms with Crippen molar-refractivity contribution in [2.24, 2.45) is 5.92 Å². The van der Waals surface area contributed by atoms with Gasteiger partial charge in [-0.2, -0.15) is 0 Å². The Labute approximate surface area is 191 Å². The molecular formula is C20H23Cl3O6S. The van der Waals surface area contributed by atoms with E-state index in [4.69, 9.17) is 49.0 Å². The molecule has 166 valence electrons. The normalized spacial score (nSPS) is 13.7. The number of ether oxygens (including phenoxy) is 3. The zero-order valence-electron chi connectivity index (χ0n) is 16.5. The van der Waals surface area contributed by atoms with Crippen LogP contribution in [0.4, 0.5) is 0 Å². The van der Waals surface area contributed by atoms with E-state index in [2.05, 4.69) is 0 Å². The number of aliphatic hydroxyl groups is 1. The van der Waals surface area contributed by atoms with Gasteiger partial charge in [0.2, 0.25) is 9.84 Å². The van der Waals surface area contributed by atoms with E-state index in [1.165, 1.54) is 43.5 Å². The highest BCUT2D eigenvalue weighted by Gasteiger charge is 2.21. The third-order valence-electron chi connectivity index (χ3n) is 4.00. The molecule has 0 saturated carbocycles. The molecule has 0 heterocycles. The lowest BCUT2D eigenvalue weighted by Crippen LogP contribution is -2.22. The van der Waals surface area contributed by atoms with Crippen molar-refractivity contribution in [3.8, 4) is 11.5 Å². The first kappa shape index (κ1) is 25.0. The molecule has 0 unspecified atom stereocenters. The van der Waals surface area contributed by atoms with Crippen LogP contribution in [0.25, 0.3) is 0 Å². The van der Waals surface area contributed by atoms with Crippen LogP contribution in [0.3, 0.4) is 0 Å². The van der Waals surface area contributed by atoms with E-state index < -0.39 is 15.9 Å². The van der Waals surface area contributed by atoms with Crippen molar-refractivity contribution in [2.45, 2.75) is 22.8 Å². The fraction of sp³-hybridized carbons (Fsp3) is 0.400. The average molecular weight is 498 g/mol. The summed E-state index contributed by atoms with van der Waals surface area (Å²) in [6, 6.07) is 8.35. The molecule has 1 N–H and O–H groups in total. The predicted octanol–water partition coefficient (Wildman–Crippen LogP) is 4.47. The van der Waals surface area contributed by atoms with Gasteiger partial charge in [-0.3, -0.25) is 0 Å². The van der Waals surface area contributed by atoms with E-state index in [-0.39, 0.29) is 44.7 Å². The van der Waals surface area contributed by atoms with Gasteiger partial charge >= 0.3 is 0 Å². The van der Waals surface area contributed by atoms with Gasteiger partial charge in [-0.15, -0.1) is 11.6 Å². The third kappa shape index (κ3) is 6.64. The second-order valence-corrected chi connectivity index (χ2v) is 9.75. The van der Waals surface area contributed by atoms with Gasteiger partial charge in [0.1, 0.15) is 24.2 Å². The van der Waals surface area contributed by atoms with E-state index in [1.54, 1.807) is 0 Å². The summed E-state index contributed by atoms with van der Waals surface area (Å²) in [5.41, 5.74) is 0. The fourth-order valence-corrected chi connectivity index (χ4v) is 4.37. The maximum atomic E-state index is 13.0. The first-order valence-corrected chi connectivity index (χ1v) is 11.8. The van der Waals surface area contributed by atoms with Crippen molar-refractivity contribution in [3.05, 3.63) is 46.4 Å². The topological polar surface area (TPSA) is 82.1 Å². The fourth-order valence-electron chi connectivity index (χ4n) is 2.37. The number of benzene rings is 2. The van der Waals surface area contributed by atoms with Crippen LogP contribution < -0.4 is 9.47 Å². The van der Waals surface area contributed by atoms with Crippen LogP contribution in [0.5, 0.6) is 11.5 Å². The quantitative estimate of drug-likeness (QED) is 0.461. The van der Waals surface area contributed by atoms with Gasteiger partial charge in [0.15, 0.2) is 0 Å². The Kier molecular flexibility index (Phi) is 9.53. The maximum absolute atomic E-state index is 13.0. The third-order valence-corrected chi connectivity index (χ3v) is 6.87. The van der Waals surface area contributed by atoms with Gasteiger partial charge in [0.25, 0.3) is 0 Å². The van der Waals surface area contributed by atoms with Gasteiger partial charge in [-0.1, -0.05) is 30.1 Å². The number of aliphatic hydroxyl groups excluding tert-OH is 1. The minimum atomic E-state index is -3.86. The first-order valence-electron chi connectivity index (χ1n) is 9.01. The number of halogens is 3. The van der Waals surface area contributed by atoms with Crippen LogP contribution in [0.15, 0.2) is 46.2 Å². The minimum Gasteiger partial charge on any atom is -0.492 e. The molecule has 2 aromatic carbocycles. The van der Waals surface area contributed by atoms with Crippen LogP contribution in [-0.2, 0) is 14.6 Å². The van der Waals surface area contributed by atoms with Crippen molar-refractivity contribution >= 4 is 44.6 Å². The zero-order chi connectivity index (χ0) is 22.3. The van der Waals surface area contributed by atoms with E-state index in [1.807, 2.05) is 6.92 Å². The Morgan fingerprint density at radius 3 is 1.87 bits per heavy atom. The molecule has 0 bridgehead atoms. The average Bonchev–Trinajstić information content (AvgIpc) is 2.71. The number of alkyl halides is 1. The molecule has 30 heavy (non-hydrogen) atoms. The number of sulfone groups is 1. The second-order valence-electron chi connectivity index (χ2n) is 6.68. The summed E-state index contributed by atoms with van der Waals surface area (Å²) >= 11 is 18.1. The Morgan fingerprint density at radius 2 is 1.43 bits per heavy atom. The number of hydrogen-bond donors (Lipinski definition) is 1. The van der Waals surface area contributed by atoms with Crippen molar-refractivity contribution in [2.75, 3.05) is 32.8 Å². The highest BCUT2D eigenvalue weighted by molar-refractivity contribution is 7.91. The van der Waals surface area contributed by atoms with Gasteiger partial charge in [0, 0.05) is 18.9 Å². The molecule has 0 aliphatic rings. The summed E-state index contributed by atoms with van der Waals surface area (Å²) in [7, 11) is -2.40. The SMILES string of the molecule is COC[C@H](O)COc1ccc(S(=O)(=O)c2ccc(OC[C@H](C)CCl)c(Cl)c2)cc1Cl. The molecule has 0 aliphatic carbocycles. The molecule has 2 rings (SSSR count). The molecule has 0 fully saturated rings. The Morgan fingerprint density at radius 1 is 0.933 bits per heavy atom. The van der Waals surface area contributed by atoms with Crippen molar-refractivity contribution in [1.29, 1.82) is 0 Å². The van der Waals surface area contributed by atoms with Crippen LogP contribution in [0.1, 0.15) is 6.92 Å². The first-order chi connectivity index (χ1) is 14.2. The summed E-state index contributed by atoms with van der Waals surface area (Å²) in [6.07, 6.45) is -0.829. The lowest BCUT2D eigenvalue weighted by atomic mass is 10.2. The maximum Gasteiger partial charge on any atom is 0.206 e. The van der Waals surface area contributed by atoms with Crippen LogP contribution in [-0.4, -0.2) is 52.4 Å². The van der Waals surface area contributed by atoms with E-state index in [9.17, 15) is 13.5 Å². The molecule has 2 atom stereocenters. The molecule has 0 radical (unpaired) electrons. The van der Waals surface area contributed by atoms with E-state index in [0.717, 1.165) is 0 Å². The molecule has 0 aliphatic heterocycles.